The van der Waals surface area contributed by atoms with E-state index in [0.717, 1.165) is 58.1 Å². The third kappa shape index (κ3) is 8.37. The molecule has 6 nitrogen and oxygen atoms in total. The molecule has 2 fully saturated rings. The van der Waals surface area contributed by atoms with Crippen LogP contribution in [0.15, 0.2) is 35.3 Å². The van der Waals surface area contributed by atoms with E-state index in [9.17, 15) is 0 Å². The standard InChI is InChI=1S/C26H44N4O2.HI/c1-20(21-10-7-6-8-11-21)30-26(13-16-31-17-14-26)19-29-24(27-5)28-18-22-12-9-15-32-23(22)25(2,3)4;/h6-8,10-11,20,22-23,30H,9,12-19H2,1-5H3,(H2,27,28,29);1H. The van der Waals surface area contributed by atoms with Crippen molar-refractivity contribution in [3.8, 4) is 0 Å². The van der Waals surface area contributed by atoms with Gasteiger partial charge in [0, 0.05) is 57.5 Å². The van der Waals surface area contributed by atoms with E-state index < -0.39 is 0 Å². The molecule has 0 saturated carbocycles. The smallest absolute Gasteiger partial charge is 0.191 e. The third-order valence-corrected chi connectivity index (χ3v) is 6.92. The van der Waals surface area contributed by atoms with Gasteiger partial charge in [-0.2, -0.15) is 0 Å². The van der Waals surface area contributed by atoms with Crippen LogP contribution in [0.2, 0.25) is 0 Å². The quantitative estimate of drug-likeness (QED) is 0.255. The van der Waals surface area contributed by atoms with Gasteiger partial charge in [-0.25, -0.2) is 0 Å². The predicted molar refractivity (Wildman–Crippen MR) is 147 cm³/mol. The van der Waals surface area contributed by atoms with Crippen LogP contribution in [0.4, 0.5) is 0 Å². The molecule has 3 unspecified atom stereocenters. The highest BCUT2D eigenvalue weighted by atomic mass is 127. The maximum Gasteiger partial charge on any atom is 0.191 e. The summed E-state index contributed by atoms with van der Waals surface area (Å²) < 4.78 is 11.8. The van der Waals surface area contributed by atoms with Crippen LogP contribution in [-0.4, -0.2) is 57.6 Å². The van der Waals surface area contributed by atoms with Gasteiger partial charge in [-0.15, -0.1) is 24.0 Å². The Morgan fingerprint density at radius 1 is 1.12 bits per heavy atom. The summed E-state index contributed by atoms with van der Waals surface area (Å²) in [6.45, 7) is 13.2. The molecule has 3 atom stereocenters. The number of nitrogens with zero attached hydrogens (tertiary/aromatic N) is 1. The zero-order chi connectivity index (χ0) is 23.0. The Morgan fingerprint density at radius 3 is 2.45 bits per heavy atom. The molecule has 7 heteroatoms. The van der Waals surface area contributed by atoms with Gasteiger partial charge in [-0.1, -0.05) is 51.1 Å². The number of benzene rings is 1. The lowest BCUT2D eigenvalue weighted by atomic mass is 9.78. The van der Waals surface area contributed by atoms with E-state index in [1.54, 1.807) is 0 Å². The summed E-state index contributed by atoms with van der Waals surface area (Å²) in [5.74, 6) is 1.36. The number of ether oxygens (including phenoxy) is 2. The van der Waals surface area contributed by atoms with Crippen LogP contribution in [0.5, 0.6) is 0 Å². The molecule has 3 N–H and O–H groups in total. The largest absolute Gasteiger partial charge is 0.381 e. The van der Waals surface area contributed by atoms with Crippen molar-refractivity contribution in [2.75, 3.05) is 40.0 Å². The molecule has 0 aliphatic carbocycles. The Labute approximate surface area is 218 Å². The summed E-state index contributed by atoms with van der Waals surface area (Å²) in [6.07, 6.45) is 4.57. The third-order valence-electron chi connectivity index (χ3n) is 6.92. The number of hydrogen-bond donors (Lipinski definition) is 3. The molecule has 0 bridgehead atoms. The van der Waals surface area contributed by atoms with Crippen LogP contribution < -0.4 is 16.0 Å². The zero-order valence-electron chi connectivity index (χ0n) is 21.2. The topological polar surface area (TPSA) is 66.9 Å². The molecule has 0 aromatic heterocycles. The number of rotatable bonds is 7. The van der Waals surface area contributed by atoms with Crippen LogP contribution in [0.25, 0.3) is 0 Å². The lowest BCUT2D eigenvalue weighted by molar-refractivity contribution is -0.0835. The molecule has 0 radical (unpaired) electrons. The van der Waals surface area contributed by atoms with Crippen LogP contribution in [-0.2, 0) is 9.47 Å². The first-order valence-corrected chi connectivity index (χ1v) is 12.3. The van der Waals surface area contributed by atoms with Crippen LogP contribution in [0, 0.1) is 11.3 Å². The number of guanidine groups is 1. The number of nitrogens with one attached hydrogen (secondary N) is 3. The zero-order valence-corrected chi connectivity index (χ0v) is 23.5. The van der Waals surface area contributed by atoms with Crippen molar-refractivity contribution in [3.63, 3.8) is 0 Å². The normalized spacial score (nSPS) is 24.5. The first kappa shape index (κ1) is 28.3. The van der Waals surface area contributed by atoms with E-state index >= 15 is 0 Å². The fourth-order valence-electron chi connectivity index (χ4n) is 5.13. The molecule has 0 amide bonds. The SMILES string of the molecule is CN=C(NCC1CCCOC1C(C)(C)C)NCC1(NC(C)c2ccccc2)CCOCC1.I. The minimum Gasteiger partial charge on any atom is -0.381 e. The fraction of sp³-hybridized carbons (Fsp3) is 0.731. The average Bonchev–Trinajstić information content (AvgIpc) is 2.80. The Balaban J connectivity index is 0.00000385. The van der Waals surface area contributed by atoms with Crippen LogP contribution in [0.3, 0.4) is 0 Å². The predicted octanol–water partition coefficient (Wildman–Crippen LogP) is 4.51. The highest BCUT2D eigenvalue weighted by Crippen LogP contribution is 2.33. The molecule has 2 aliphatic heterocycles. The Bertz CT molecular complexity index is 717. The van der Waals surface area contributed by atoms with Gasteiger partial charge in [0.2, 0.25) is 0 Å². The van der Waals surface area contributed by atoms with E-state index in [0.29, 0.717) is 5.92 Å². The van der Waals surface area contributed by atoms with Crippen molar-refractivity contribution in [1.82, 2.24) is 16.0 Å². The minimum atomic E-state index is -0.0208. The second kappa shape index (κ2) is 13.3. The van der Waals surface area contributed by atoms with Gasteiger partial charge in [-0.05, 0) is 43.6 Å². The molecule has 2 saturated heterocycles. The minimum absolute atomic E-state index is 0. The van der Waals surface area contributed by atoms with E-state index in [4.69, 9.17) is 9.47 Å². The van der Waals surface area contributed by atoms with Crippen molar-refractivity contribution in [3.05, 3.63) is 35.9 Å². The van der Waals surface area contributed by atoms with E-state index in [1.165, 1.54) is 12.0 Å². The molecule has 33 heavy (non-hydrogen) atoms. The first-order valence-electron chi connectivity index (χ1n) is 12.3. The van der Waals surface area contributed by atoms with E-state index in [-0.39, 0.29) is 47.1 Å². The van der Waals surface area contributed by atoms with Crippen LogP contribution >= 0.6 is 24.0 Å². The first-order chi connectivity index (χ1) is 15.3. The molecule has 1 aromatic carbocycles. The van der Waals surface area contributed by atoms with Gasteiger partial charge in [0.15, 0.2) is 5.96 Å². The molecule has 1 aromatic rings. The fourth-order valence-corrected chi connectivity index (χ4v) is 5.13. The van der Waals surface area contributed by atoms with Crippen molar-refractivity contribution in [1.29, 1.82) is 0 Å². The van der Waals surface area contributed by atoms with Gasteiger partial charge in [-0.3, -0.25) is 4.99 Å². The van der Waals surface area contributed by atoms with E-state index in [1.807, 2.05) is 7.05 Å². The van der Waals surface area contributed by atoms with Gasteiger partial charge < -0.3 is 25.4 Å². The highest BCUT2D eigenvalue weighted by molar-refractivity contribution is 14.0. The Kier molecular flexibility index (Phi) is 11.4. The lowest BCUT2D eigenvalue weighted by Crippen LogP contribution is -2.58. The van der Waals surface area contributed by atoms with Crippen molar-refractivity contribution >= 4 is 29.9 Å². The summed E-state index contributed by atoms with van der Waals surface area (Å²) in [5, 5.41) is 11.1. The van der Waals surface area contributed by atoms with Crippen molar-refractivity contribution < 1.29 is 9.47 Å². The second-order valence-corrected chi connectivity index (χ2v) is 10.5. The molecule has 188 valence electrons. The Hall–Kier alpha value is -0.900. The molecule has 0 spiro atoms. The molecular weight excluding hydrogens is 527 g/mol. The van der Waals surface area contributed by atoms with Gasteiger partial charge in [0.05, 0.1) is 6.10 Å². The van der Waals surface area contributed by atoms with Gasteiger partial charge in [0.25, 0.3) is 0 Å². The van der Waals surface area contributed by atoms with Crippen molar-refractivity contribution in [2.24, 2.45) is 16.3 Å². The molecule has 3 rings (SSSR count). The van der Waals surface area contributed by atoms with Crippen molar-refractivity contribution in [2.45, 2.75) is 71.1 Å². The number of halogens is 1. The average molecular weight is 573 g/mol. The highest BCUT2D eigenvalue weighted by Gasteiger charge is 2.36. The number of aliphatic imine (C=N–C) groups is 1. The molecule has 2 aliphatic rings. The maximum atomic E-state index is 6.15. The second-order valence-electron chi connectivity index (χ2n) is 10.5. The summed E-state index contributed by atoms with van der Waals surface area (Å²) in [5.41, 5.74) is 1.44. The lowest BCUT2D eigenvalue weighted by Gasteiger charge is -2.41. The van der Waals surface area contributed by atoms with E-state index in [2.05, 4.69) is 79.0 Å². The van der Waals surface area contributed by atoms with Gasteiger partial charge in [0.1, 0.15) is 0 Å². The summed E-state index contributed by atoms with van der Waals surface area (Å²) in [4.78, 5) is 4.51. The maximum absolute atomic E-state index is 6.15. The summed E-state index contributed by atoms with van der Waals surface area (Å²) >= 11 is 0. The summed E-state index contributed by atoms with van der Waals surface area (Å²) in [6, 6.07) is 10.9. The number of hydrogen-bond acceptors (Lipinski definition) is 4. The summed E-state index contributed by atoms with van der Waals surface area (Å²) in [7, 11) is 1.85. The van der Waals surface area contributed by atoms with Gasteiger partial charge >= 0.3 is 0 Å². The Morgan fingerprint density at radius 2 is 1.82 bits per heavy atom. The molecular formula is C26H45IN4O2. The van der Waals surface area contributed by atoms with Crippen LogP contribution in [0.1, 0.15) is 65.0 Å². The molecule has 2 heterocycles. The monoisotopic (exact) mass is 572 g/mol.